The third-order valence-electron chi connectivity index (χ3n) is 3.40. The van der Waals surface area contributed by atoms with Crippen molar-refractivity contribution in [3.8, 4) is 22.8 Å². The molecular formula is C17H14F3N5O2. The standard InChI is InChI=1S/C17H14F3N5O2/c1-11(26)22-10-15-23-16(12-3-2-8-21-9-12)24-25(15)13-4-6-14(7-5-13)27-17(18,19)20/h2-9H,10H2,1H3,(H,22,26). The first kappa shape index (κ1) is 18.4. The van der Waals surface area contributed by atoms with Crippen LogP contribution in [0.15, 0.2) is 48.8 Å². The van der Waals surface area contributed by atoms with Gasteiger partial charge in [0.15, 0.2) is 11.6 Å². The molecule has 0 unspecified atom stereocenters. The maximum Gasteiger partial charge on any atom is 0.573 e. The van der Waals surface area contributed by atoms with Crippen LogP contribution in [0.25, 0.3) is 17.1 Å². The molecular weight excluding hydrogens is 363 g/mol. The number of ether oxygens (including phenoxy) is 1. The van der Waals surface area contributed by atoms with Gasteiger partial charge in [0.05, 0.1) is 12.2 Å². The second-order valence-electron chi connectivity index (χ2n) is 5.46. The molecule has 1 amide bonds. The summed E-state index contributed by atoms with van der Waals surface area (Å²) in [6.07, 6.45) is -1.57. The summed E-state index contributed by atoms with van der Waals surface area (Å²) in [5.41, 5.74) is 1.13. The molecule has 0 aliphatic carbocycles. The minimum absolute atomic E-state index is 0.101. The van der Waals surface area contributed by atoms with E-state index in [4.69, 9.17) is 0 Å². The summed E-state index contributed by atoms with van der Waals surface area (Å²) in [4.78, 5) is 19.6. The molecule has 140 valence electrons. The maximum atomic E-state index is 12.3. The van der Waals surface area contributed by atoms with Gasteiger partial charge in [-0.1, -0.05) is 0 Å². The summed E-state index contributed by atoms with van der Waals surface area (Å²) in [5.74, 6) is 0.191. The summed E-state index contributed by atoms with van der Waals surface area (Å²) < 4.78 is 42.2. The highest BCUT2D eigenvalue weighted by Gasteiger charge is 2.31. The van der Waals surface area contributed by atoms with Crippen LogP contribution in [0.1, 0.15) is 12.7 Å². The number of pyridine rings is 1. The molecule has 0 radical (unpaired) electrons. The van der Waals surface area contributed by atoms with E-state index in [0.717, 1.165) is 0 Å². The van der Waals surface area contributed by atoms with E-state index in [9.17, 15) is 18.0 Å². The largest absolute Gasteiger partial charge is 0.573 e. The molecule has 3 rings (SSSR count). The predicted octanol–water partition coefficient (Wildman–Crippen LogP) is 2.86. The molecule has 1 aromatic carbocycles. The third-order valence-corrected chi connectivity index (χ3v) is 3.40. The van der Waals surface area contributed by atoms with Crippen molar-refractivity contribution in [1.29, 1.82) is 0 Å². The van der Waals surface area contributed by atoms with Gasteiger partial charge in [0.1, 0.15) is 5.75 Å². The normalized spacial score (nSPS) is 11.3. The molecule has 0 aliphatic heterocycles. The van der Waals surface area contributed by atoms with Crippen LogP contribution in [0.4, 0.5) is 13.2 Å². The summed E-state index contributed by atoms with van der Waals surface area (Å²) >= 11 is 0. The van der Waals surface area contributed by atoms with Crippen molar-refractivity contribution >= 4 is 5.91 Å². The molecule has 0 atom stereocenters. The third kappa shape index (κ3) is 4.81. The minimum Gasteiger partial charge on any atom is -0.406 e. The van der Waals surface area contributed by atoms with Gasteiger partial charge in [-0.15, -0.1) is 18.3 Å². The van der Waals surface area contributed by atoms with E-state index in [1.54, 1.807) is 24.5 Å². The zero-order valence-electron chi connectivity index (χ0n) is 14.1. The van der Waals surface area contributed by atoms with Crippen LogP contribution < -0.4 is 10.1 Å². The Morgan fingerprint density at radius 3 is 2.56 bits per heavy atom. The van der Waals surface area contributed by atoms with Crippen molar-refractivity contribution in [3.63, 3.8) is 0 Å². The van der Waals surface area contributed by atoms with Crippen LogP contribution in [0.5, 0.6) is 5.75 Å². The first-order valence-electron chi connectivity index (χ1n) is 7.79. The Labute approximate surface area is 151 Å². The van der Waals surface area contributed by atoms with Crippen LogP contribution in [0.2, 0.25) is 0 Å². The average molecular weight is 377 g/mol. The molecule has 27 heavy (non-hydrogen) atoms. The number of amides is 1. The van der Waals surface area contributed by atoms with Gasteiger partial charge in [-0.25, -0.2) is 9.67 Å². The van der Waals surface area contributed by atoms with Gasteiger partial charge < -0.3 is 10.1 Å². The lowest BCUT2D eigenvalue weighted by molar-refractivity contribution is -0.274. The van der Waals surface area contributed by atoms with Crippen LogP contribution in [0.3, 0.4) is 0 Å². The Morgan fingerprint density at radius 1 is 1.22 bits per heavy atom. The van der Waals surface area contributed by atoms with E-state index >= 15 is 0 Å². The molecule has 1 N–H and O–H groups in total. The molecule has 0 aliphatic rings. The number of nitrogens with zero attached hydrogens (tertiary/aromatic N) is 4. The van der Waals surface area contributed by atoms with Crippen molar-refractivity contribution in [2.24, 2.45) is 0 Å². The molecule has 2 aromatic heterocycles. The van der Waals surface area contributed by atoms with Crippen LogP contribution in [-0.2, 0) is 11.3 Å². The Kier molecular flexibility index (Phi) is 5.06. The van der Waals surface area contributed by atoms with E-state index in [1.165, 1.54) is 35.9 Å². The zero-order chi connectivity index (χ0) is 19.4. The number of aromatic nitrogens is 4. The minimum atomic E-state index is -4.77. The smallest absolute Gasteiger partial charge is 0.406 e. The van der Waals surface area contributed by atoms with Gasteiger partial charge in [0.2, 0.25) is 5.91 Å². The fourth-order valence-corrected chi connectivity index (χ4v) is 2.28. The van der Waals surface area contributed by atoms with Crippen molar-refractivity contribution in [2.75, 3.05) is 0 Å². The summed E-state index contributed by atoms with van der Waals surface area (Å²) in [5, 5.41) is 7.01. The number of hydrogen-bond acceptors (Lipinski definition) is 5. The average Bonchev–Trinajstić information content (AvgIpc) is 3.04. The van der Waals surface area contributed by atoms with Crippen molar-refractivity contribution in [3.05, 3.63) is 54.6 Å². The topological polar surface area (TPSA) is 81.9 Å². The maximum absolute atomic E-state index is 12.3. The van der Waals surface area contributed by atoms with E-state index in [0.29, 0.717) is 22.9 Å². The van der Waals surface area contributed by atoms with Crippen LogP contribution >= 0.6 is 0 Å². The van der Waals surface area contributed by atoms with E-state index in [2.05, 4.69) is 25.1 Å². The molecule has 0 spiro atoms. The number of alkyl halides is 3. The fraction of sp³-hybridized carbons (Fsp3) is 0.176. The summed E-state index contributed by atoms with van der Waals surface area (Å²) in [7, 11) is 0. The lowest BCUT2D eigenvalue weighted by atomic mass is 10.3. The molecule has 0 fully saturated rings. The monoisotopic (exact) mass is 377 g/mol. The Hall–Kier alpha value is -3.43. The predicted molar refractivity (Wildman–Crippen MR) is 88.8 cm³/mol. The first-order chi connectivity index (χ1) is 12.8. The lowest BCUT2D eigenvalue weighted by Crippen LogP contribution is -2.21. The zero-order valence-corrected chi connectivity index (χ0v) is 14.1. The van der Waals surface area contributed by atoms with Gasteiger partial charge in [-0.2, -0.15) is 0 Å². The highest BCUT2D eigenvalue weighted by molar-refractivity contribution is 5.72. The number of nitrogens with one attached hydrogen (secondary N) is 1. The van der Waals surface area contributed by atoms with E-state index < -0.39 is 6.36 Å². The molecule has 0 saturated carbocycles. The van der Waals surface area contributed by atoms with Crippen molar-refractivity contribution < 1.29 is 22.7 Å². The molecule has 0 bridgehead atoms. The molecule has 0 saturated heterocycles. The quantitative estimate of drug-likeness (QED) is 0.739. The van der Waals surface area contributed by atoms with Gasteiger partial charge in [-0.3, -0.25) is 9.78 Å². The van der Waals surface area contributed by atoms with Gasteiger partial charge in [0.25, 0.3) is 0 Å². The second kappa shape index (κ2) is 7.44. The molecule has 7 nitrogen and oxygen atoms in total. The number of halogens is 3. The van der Waals surface area contributed by atoms with E-state index in [1.807, 2.05) is 0 Å². The van der Waals surface area contributed by atoms with Crippen molar-refractivity contribution in [2.45, 2.75) is 19.8 Å². The van der Waals surface area contributed by atoms with Gasteiger partial charge in [-0.05, 0) is 36.4 Å². The first-order valence-corrected chi connectivity index (χ1v) is 7.79. The fourth-order valence-electron chi connectivity index (χ4n) is 2.28. The highest BCUT2D eigenvalue weighted by Crippen LogP contribution is 2.24. The Balaban J connectivity index is 1.95. The second-order valence-corrected chi connectivity index (χ2v) is 5.46. The van der Waals surface area contributed by atoms with Crippen LogP contribution in [-0.4, -0.2) is 32.0 Å². The lowest BCUT2D eigenvalue weighted by Gasteiger charge is -2.10. The van der Waals surface area contributed by atoms with E-state index in [-0.39, 0.29) is 18.2 Å². The Bertz CT molecular complexity index is 924. The Morgan fingerprint density at radius 2 is 1.96 bits per heavy atom. The summed E-state index contributed by atoms with van der Waals surface area (Å²) in [6.45, 7) is 1.47. The van der Waals surface area contributed by atoms with Crippen LogP contribution in [0, 0.1) is 0 Å². The molecule has 10 heteroatoms. The number of benzene rings is 1. The molecule has 2 heterocycles. The molecule has 3 aromatic rings. The SMILES string of the molecule is CC(=O)NCc1nc(-c2cccnc2)nn1-c1ccc(OC(F)(F)F)cc1. The number of rotatable bonds is 5. The highest BCUT2D eigenvalue weighted by atomic mass is 19.4. The number of carbonyl (C=O) groups excluding carboxylic acids is 1. The van der Waals surface area contributed by atoms with Gasteiger partial charge >= 0.3 is 6.36 Å². The summed E-state index contributed by atoms with van der Waals surface area (Å²) in [6, 6.07) is 8.69. The van der Waals surface area contributed by atoms with Crippen molar-refractivity contribution in [1.82, 2.24) is 25.1 Å². The number of carbonyl (C=O) groups is 1. The van der Waals surface area contributed by atoms with Gasteiger partial charge in [0, 0.05) is 24.9 Å². The number of hydrogen-bond donors (Lipinski definition) is 1.